The summed E-state index contributed by atoms with van der Waals surface area (Å²) in [6.45, 7) is 0.961. The normalized spacial score (nSPS) is 11.0. The molecule has 7 heteroatoms. The first-order valence-electron chi connectivity index (χ1n) is 5.31. The highest BCUT2D eigenvalue weighted by Gasteiger charge is 2.15. The third-order valence-electron chi connectivity index (χ3n) is 2.15. The van der Waals surface area contributed by atoms with E-state index in [1.165, 1.54) is 20.3 Å². The number of ether oxygens (including phenoxy) is 2. The molecule has 0 aliphatic carbocycles. The fraction of sp³-hybridized carbons (Fsp3) is 0.636. The van der Waals surface area contributed by atoms with Gasteiger partial charge in [0.15, 0.2) is 0 Å². The number of esters is 2. The molecule has 0 aromatic rings. The van der Waals surface area contributed by atoms with Gasteiger partial charge >= 0.3 is 11.9 Å². The van der Waals surface area contributed by atoms with E-state index in [2.05, 4.69) is 9.47 Å². The van der Waals surface area contributed by atoms with E-state index in [4.69, 9.17) is 23.2 Å². The van der Waals surface area contributed by atoms with Gasteiger partial charge in [0, 0.05) is 36.6 Å². The zero-order valence-corrected chi connectivity index (χ0v) is 12.0. The number of hydrogen-bond donors (Lipinski definition) is 0. The van der Waals surface area contributed by atoms with Gasteiger partial charge in [0.1, 0.15) is 0 Å². The number of carbonyl (C=O) groups excluding carboxylic acids is 2. The van der Waals surface area contributed by atoms with Crippen molar-refractivity contribution in [2.75, 3.05) is 39.1 Å². The Kier molecular flexibility index (Phi) is 9.50. The van der Waals surface area contributed by atoms with Gasteiger partial charge in [-0.05, 0) is 0 Å². The molecule has 0 saturated carbocycles. The van der Waals surface area contributed by atoms with Crippen molar-refractivity contribution in [2.24, 2.45) is 0 Å². The zero-order chi connectivity index (χ0) is 14.0. The first-order chi connectivity index (χ1) is 8.58. The molecule has 0 bridgehead atoms. The van der Waals surface area contributed by atoms with Crippen LogP contribution in [0.3, 0.4) is 0 Å². The van der Waals surface area contributed by atoms with Crippen molar-refractivity contribution < 1.29 is 19.1 Å². The summed E-state index contributed by atoms with van der Waals surface area (Å²) < 4.78 is 9.12. The van der Waals surface area contributed by atoms with Gasteiger partial charge in [0.2, 0.25) is 0 Å². The van der Waals surface area contributed by atoms with E-state index in [0.717, 1.165) is 0 Å². The Morgan fingerprint density at radius 3 is 2.06 bits per heavy atom. The second kappa shape index (κ2) is 10.0. The zero-order valence-electron chi connectivity index (χ0n) is 10.4. The summed E-state index contributed by atoms with van der Waals surface area (Å²) in [5, 5.41) is 0. The maximum absolute atomic E-state index is 11.3. The summed E-state index contributed by atoms with van der Waals surface area (Å²) in [4.78, 5) is 24.3. The highest BCUT2D eigenvalue weighted by atomic mass is 35.5. The third-order valence-corrected chi connectivity index (χ3v) is 2.49. The first kappa shape index (κ1) is 17.1. The molecule has 18 heavy (non-hydrogen) atoms. The van der Waals surface area contributed by atoms with Crippen LogP contribution in [0.15, 0.2) is 11.8 Å². The van der Waals surface area contributed by atoms with Crippen LogP contribution in [0, 0.1) is 0 Å². The fourth-order valence-corrected chi connectivity index (χ4v) is 1.68. The highest BCUT2D eigenvalue weighted by molar-refractivity contribution is 6.18. The van der Waals surface area contributed by atoms with Crippen LogP contribution in [-0.4, -0.2) is 55.9 Å². The van der Waals surface area contributed by atoms with Crippen molar-refractivity contribution in [2.45, 2.75) is 6.42 Å². The third kappa shape index (κ3) is 6.71. The monoisotopic (exact) mass is 297 g/mol. The van der Waals surface area contributed by atoms with E-state index in [-0.39, 0.29) is 6.42 Å². The molecule has 0 heterocycles. The van der Waals surface area contributed by atoms with Gasteiger partial charge in [-0.2, -0.15) is 0 Å². The molecule has 0 amide bonds. The van der Waals surface area contributed by atoms with Crippen molar-refractivity contribution >= 4 is 35.1 Å². The molecule has 0 aromatic heterocycles. The van der Waals surface area contributed by atoms with Crippen LogP contribution >= 0.6 is 23.2 Å². The van der Waals surface area contributed by atoms with Crippen molar-refractivity contribution in [1.82, 2.24) is 4.90 Å². The molecule has 0 aliphatic heterocycles. The van der Waals surface area contributed by atoms with Gasteiger partial charge in [0.05, 0.1) is 20.6 Å². The molecule has 104 valence electrons. The Labute approximate surface area is 117 Å². The van der Waals surface area contributed by atoms with E-state index in [1.807, 2.05) is 0 Å². The Bertz CT molecular complexity index is 301. The fourth-order valence-electron chi connectivity index (χ4n) is 1.27. The van der Waals surface area contributed by atoms with Crippen LogP contribution in [0.25, 0.3) is 0 Å². The first-order valence-corrected chi connectivity index (χ1v) is 6.38. The molecule has 0 unspecified atom stereocenters. The Morgan fingerprint density at radius 1 is 1.11 bits per heavy atom. The average molecular weight is 298 g/mol. The molecule has 0 N–H and O–H groups in total. The second-order valence-corrected chi connectivity index (χ2v) is 4.03. The van der Waals surface area contributed by atoms with Crippen LogP contribution in [0.1, 0.15) is 6.42 Å². The number of methoxy groups -OCH3 is 2. The van der Waals surface area contributed by atoms with Crippen LogP contribution in [0.4, 0.5) is 0 Å². The van der Waals surface area contributed by atoms with Crippen LogP contribution in [-0.2, 0) is 19.1 Å². The lowest BCUT2D eigenvalue weighted by atomic mass is 10.2. The van der Waals surface area contributed by atoms with Gasteiger partial charge < -0.3 is 14.4 Å². The van der Waals surface area contributed by atoms with E-state index in [9.17, 15) is 9.59 Å². The maximum atomic E-state index is 11.3. The number of carbonyl (C=O) groups is 2. The molecule has 0 saturated heterocycles. The summed E-state index contributed by atoms with van der Waals surface area (Å²) in [6.07, 6.45) is 1.22. The minimum absolute atomic E-state index is 0.0284. The summed E-state index contributed by atoms with van der Waals surface area (Å²) in [7, 11) is 2.55. The smallest absolute Gasteiger partial charge is 0.332 e. The minimum atomic E-state index is -0.539. The molecule has 5 nitrogen and oxygen atoms in total. The molecule has 0 spiro atoms. The van der Waals surface area contributed by atoms with Crippen LogP contribution < -0.4 is 0 Å². The van der Waals surface area contributed by atoms with Gasteiger partial charge in [-0.3, -0.25) is 4.79 Å². The van der Waals surface area contributed by atoms with E-state index in [1.54, 1.807) is 4.90 Å². The minimum Gasteiger partial charge on any atom is -0.469 e. The molecule has 0 atom stereocenters. The van der Waals surface area contributed by atoms with Crippen molar-refractivity contribution in [1.29, 1.82) is 0 Å². The number of halogens is 2. The molecular weight excluding hydrogens is 281 g/mol. The number of rotatable bonds is 8. The topological polar surface area (TPSA) is 55.8 Å². The van der Waals surface area contributed by atoms with E-state index in [0.29, 0.717) is 30.5 Å². The molecular formula is C11H17Cl2NO4. The largest absolute Gasteiger partial charge is 0.469 e. The van der Waals surface area contributed by atoms with Gasteiger partial charge in [-0.25, -0.2) is 4.79 Å². The lowest BCUT2D eigenvalue weighted by Crippen LogP contribution is -2.29. The van der Waals surface area contributed by atoms with Crippen molar-refractivity contribution in [3.05, 3.63) is 11.8 Å². The Hall–Kier alpha value is -0.940. The average Bonchev–Trinajstić information content (AvgIpc) is 2.37. The Balaban J connectivity index is 4.95. The molecule has 0 aromatic carbocycles. The summed E-state index contributed by atoms with van der Waals surface area (Å²) >= 11 is 11.3. The quantitative estimate of drug-likeness (QED) is 0.385. The van der Waals surface area contributed by atoms with Gasteiger partial charge in [0.25, 0.3) is 0 Å². The molecule has 0 radical (unpaired) electrons. The lowest BCUT2D eigenvalue weighted by molar-refractivity contribution is -0.140. The maximum Gasteiger partial charge on any atom is 0.332 e. The standard InChI is InChI=1S/C11H17Cl2NO4/c1-17-10(15)7-9(8-11(16)18-2)14(5-3-12)6-4-13/h7H,3-6,8H2,1-2H3/b9-7-. The summed E-state index contributed by atoms with van der Waals surface area (Å²) in [5.41, 5.74) is 0.481. The SMILES string of the molecule is COC(=O)/C=C(/CC(=O)OC)N(CCCl)CCCl. The number of alkyl halides is 2. The molecule has 0 fully saturated rings. The predicted molar refractivity (Wildman–Crippen MR) is 69.7 cm³/mol. The molecule has 0 aliphatic rings. The van der Waals surface area contributed by atoms with Crippen molar-refractivity contribution in [3.8, 4) is 0 Å². The lowest BCUT2D eigenvalue weighted by Gasteiger charge is -2.25. The second-order valence-electron chi connectivity index (χ2n) is 3.28. The number of nitrogens with zero attached hydrogens (tertiary/aromatic N) is 1. The molecule has 0 rings (SSSR count). The predicted octanol–water partition coefficient (Wildman–Crippen LogP) is 1.39. The number of hydrogen-bond acceptors (Lipinski definition) is 5. The van der Waals surface area contributed by atoms with Crippen LogP contribution in [0.2, 0.25) is 0 Å². The van der Waals surface area contributed by atoms with Crippen molar-refractivity contribution in [3.63, 3.8) is 0 Å². The van der Waals surface area contributed by atoms with Gasteiger partial charge in [-0.1, -0.05) is 0 Å². The highest BCUT2D eigenvalue weighted by Crippen LogP contribution is 2.11. The Morgan fingerprint density at radius 2 is 1.67 bits per heavy atom. The van der Waals surface area contributed by atoms with E-state index < -0.39 is 11.9 Å². The summed E-state index contributed by atoms with van der Waals surface area (Å²) in [5.74, 6) is -0.269. The van der Waals surface area contributed by atoms with Crippen LogP contribution in [0.5, 0.6) is 0 Å². The van der Waals surface area contributed by atoms with E-state index >= 15 is 0 Å². The van der Waals surface area contributed by atoms with Gasteiger partial charge in [-0.15, -0.1) is 23.2 Å². The summed E-state index contributed by atoms with van der Waals surface area (Å²) in [6, 6.07) is 0.